The van der Waals surface area contributed by atoms with Crippen molar-refractivity contribution < 1.29 is 52.9 Å². The molecule has 65 heavy (non-hydrogen) atoms. The van der Waals surface area contributed by atoms with Crippen LogP contribution in [0.3, 0.4) is 0 Å². The van der Waals surface area contributed by atoms with Gasteiger partial charge < -0.3 is 40.3 Å². The number of likely N-dealkylation sites (N-methyl/N-ethyl adjacent to an activating group) is 1. The third-order valence-electron chi connectivity index (χ3n) is 13.5. The zero-order valence-electron chi connectivity index (χ0n) is 39.9. The summed E-state index contributed by atoms with van der Waals surface area (Å²) in [6, 6.07) is 4.43. The second kappa shape index (κ2) is 23.3. The molecule has 1 aromatic carbocycles. The topological polar surface area (TPSA) is 221 Å². The molecule has 1 aromatic rings. The van der Waals surface area contributed by atoms with Crippen LogP contribution in [0.25, 0.3) is 0 Å². The van der Waals surface area contributed by atoms with E-state index in [0.717, 1.165) is 16.0 Å². The number of amides is 7. The van der Waals surface area contributed by atoms with Gasteiger partial charge in [0.2, 0.25) is 29.5 Å². The standard InChI is InChI=1S/C48H72N6O11/c1-11-29(4)42(52(8)45(60)40(28(2)3)50-47(63)48(6,7)51-36(55)21-13-12-16-24-54-37(56)22-23-38(54)57)35(64-9)27-39(58)53-25-17-20-34(53)43(65-10)30(5)44(59)49-41(46(61)62)33-26-31-18-14-15-19-32(31)33/h14-15,18-19,22-23,28-30,33-35,40-43H,11-13,16-17,20-21,24-27H2,1-10H3,(H,49,59)(H,50,63)(H,51,55)(H,61,62)/t29-,30+,33-,34-,35+,40-,41?,42-,43+/m0/s1. The van der Waals surface area contributed by atoms with Crippen molar-refractivity contribution in [2.45, 2.75) is 154 Å². The number of aliphatic carboxylic acids is 1. The number of carbonyl (C=O) groups is 8. The number of fused-ring (bicyclic) bond motifs is 1. The van der Waals surface area contributed by atoms with Crippen LogP contribution in [0.4, 0.5) is 0 Å². The van der Waals surface area contributed by atoms with Crippen LogP contribution >= 0.6 is 0 Å². The van der Waals surface area contributed by atoms with Crippen molar-refractivity contribution >= 4 is 47.3 Å². The Morgan fingerprint density at radius 3 is 2.18 bits per heavy atom. The highest BCUT2D eigenvalue weighted by Gasteiger charge is 2.45. The first-order chi connectivity index (χ1) is 30.7. The molecule has 1 aliphatic carbocycles. The Bertz CT molecular complexity index is 1920. The summed E-state index contributed by atoms with van der Waals surface area (Å²) in [4.78, 5) is 109. The van der Waals surface area contributed by atoms with Crippen molar-refractivity contribution in [3.63, 3.8) is 0 Å². The van der Waals surface area contributed by atoms with Crippen LogP contribution in [0.1, 0.15) is 117 Å². The molecule has 0 spiro atoms. The zero-order chi connectivity index (χ0) is 48.3. The molecule has 2 aliphatic heterocycles. The summed E-state index contributed by atoms with van der Waals surface area (Å²) in [6.45, 7) is 13.1. The minimum absolute atomic E-state index is 0.0811. The maximum Gasteiger partial charge on any atom is 0.326 e. The van der Waals surface area contributed by atoms with Gasteiger partial charge in [-0.3, -0.25) is 38.5 Å². The highest BCUT2D eigenvalue weighted by atomic mass is 16.5. The monoisotopic (exact) mass is 909 g/mol. The van der Waals surface area contributed by atoms with E-state index in [2.05, 4.69) is 16.0 Å². The van der Waals surface area contributed by atoms with Gasteiger partial charge in [0.25, 0.3) is 11.8 Å². The average molecular weight is 909 g/mol. The van der Waals surface area contributed by atoms with Crippen LogP contribution in [0.15, 0.2) is 36.4 Å². The quantitative estimate of drug-likeness (QED) is 0.0824. The maximum atomic E-state index is 14.4. The second-order valence-electron chi connectivity index (χ2n) is 18.8. The number of nitrogens with one attached hydrogen (secondary N) is 3. The van der Waals surface area contributed by atoms with E-state index in [0.29, 0.717) is 51.5 Å². The Morgan fingerprint density at radius 1 is 0.938 bits per heavy atom. The number of benzene rings is 1. The highest BCUT2D eigenvalue weighted by Crippen LogP contribution is 2.38. The summed E-state index contributed by atoms with van der Waals surface area (Å²) < 4.78 is 11.9. The molecule has 4 rings (SSSR count). The van der Waals surface area contributed by atoms with E-state index in [9.17, 15) is 43.5 Å². The first-order valence-electron chi connectivity index (χ1n) is 23.1. The molecular formula is C48H72N6O11. The summed E-state index contributed by atoms with van der Waals surface area (Å²) >= 11 is 0. The van der Waals surface area contributed by atoms with E-state index >= 15 is 0 Å². The second-order valence-corrected chi connectivity index (χ2v) is 18.8. The molecule has 2 heterocycles. The van der Waals surface area contributed by atoms with Gasteiger partial charge in [0.15, 0.2) is 0 Å². The molecular weight excluding hydrogens is 837 g/mol. The molecule has 17 nitrogen and oxygen atoms in total. The van der Waals surface area contributed by atoms with Gasteiger partial charge in [-0.25, -0.2) is 4.79 Å². The van der Waals surface area contributed by atoms with Gasteiger partial charge in [-0.05, 0) is 68.9 Å². The molecule has 0 saturated carbocycles. The van der Waals surface area contributed by atoms with Crippen LogP contribution in [0.5, 0.6) is 0 Å². The van der Waals surface area contributed by atoms with Gasteiger partial charge in [0.1, 0.15) is 17.6 Å². The number of hydrogen-bond donors (Lipinski definition) is 4. The number of ether oxygens (including phenoxy) is 2. The van der Waals surface area contributed by atoms with Crippen molar-refractivity contribution in [1.29, 1.82) is 0 Å². The third kappa shape index (κ3) is 12.8. The smallest absolute Gasteiger partial charge is 0.326 e. The molecule has 1 fully saturated rings. The van der Waals surface area contributed by atoms with Gasteiger partial charge >= 0.3 is 5.97 Å². The van der Waals surface area contributed by atoms with E-state index in [1.54, 1.807) is 37.6 Å². The van der Waals surface area contributed by atoms with Gasteiger partial charge in [-0.1, -0.05) is 71.7 Å². The number of nitrogens with zero attached hydrogens (tertiary/aromatic N) is 3. The number of carboxylic acids is 1. The molecule has 1 saturated heterocycles. The van der Waals surface area contributed by atoms with E-state index in [1.165, 1.54) is 26.4 Å². The van der Waals surface area contributed by atoms with Gasteiger partial charge in [0.05, 0.1) is 36.6 Å². The molecule has 7 amide bonds. The van der Waals surface area contributed by atoms with Crippen LogP contribution in [-0.2, 0) is 54.3 Å². The third-order valence-corrected chi connectivity index (χ3v) is 13.5. The first-order valence-corrected chi connectivity index (χ1v) is 23.1. The van der Waals surface area contributed by atoms with Crippen LogP contribution in [0.2, 0.25) is 0 Å². The Hall–Kier alpha value is -5.16. The molecule has 360 valence electrons. The van der Waals surface area contributed by atoms with E-state index < -0.39 is 65.6 Å². The van der Waals surface area contributed by atoms with Crippen molar-refractivity contribution in [2.24, 2.45) is 17.8 Å². The number of hydrogen-bond acceptors (Lipinski definition) is 10. The maximum absolute atomic E-state index is 14.4. The fraction of sp³-hybridized carbons (Fsp3) is 0.667. The Morgan fingerprint density at radius 2 is 1.60 bits per heavy atom. The lowest BCUT2D eigenvalue weighted by molar-refractivity contribution is -0.148. The number of carboxylic acid groups (broad SMARTS) is 1. The summed E-state index contributed by atoms with van der Waals surface area (Å²) in [7, 11) is 4.62. The lowest BCUT2D eigenvalue weighted by Gasteiger charge is -2.41. The SMILES string of the molecule is CC[C@H](C)[C@@H]([C@@H](CC(=O)N1CCC[C@H]1[C@H](OC)[C@@H](C)C(=O)NC(C(=O)O)[C@H]1Cc2ccccc21)OC)N(C)C(=O)[C@@H](NC(=O)C(C)(C)NC(=O)CCCCCN1C(=O)C=CC1=O)C(C)C. The number of imide groups is 1. The van der Waals surface area contributed by atoms with E-state index in [4.69, 9.17) is 9.47 Å². The predicted octanol–water partition coefficient (Wildman–Crippen LogP) is 3.34. The van der Waals surface area contributed by atoms with Crippen LogP contribution in [-0.4, -0.2) is 143 Å². The number of rotatable bonds is 25. The zero-order valence-corrected chi connectivity index (χ0v) is 39.9. The summed E-state index contributed by atoms with van der Waals surface area (Å²) in [5.41, 5.74) is 0.595. The Balaban J connectivity index is 1.38. The summed E-state index contributed by atoms with van der Waals surface area (Å²) in [5, 5.41) is 18.5. The minimum Gasteiger partial charge on any atom is -0.480 e. The first kappa shape index (κ1) is 52.5. The van der Waals surface area contributed by atoms with Crippen molar-refractivity contribution in [3.8, 4) is 0 Å². The number of methoxy groups -OCH3 is 2. The molecule has 17 heteroatoms. The average Bonchev–Trinajstić information content (AvgIpc) is 3.87. The van der Waals surface area contributed by atoms with E-state index in [1.807, 2.05) is 52.0 Å². The van der Waals surface area contributed by atoms with Crippen molar-refractivity contribution in [1.82, 2.24) is 30.7 Å². The predicted molar refractivity (Wildman–Crippen MR) is 242 cm³/mol. The van der Waals surface area contributed by atoms with E-state index in [-0.39, 0.29) is 66.7 Å². The van der Waals surface area contributed by atoms with Gasteiger partial charge in [0, 0.05) is 58.8 Å². The summed E-state index contributed by atoms with van der Waals surface area (Å²) in [5.74, 6) is -5.45. The van der Waals surface area contributed by atoms with Gasteiger partial charge in [-0.15, -0.1) is 0 Å². The lowest BCUT2D eigenvalue weighted by Crippen LogP contribution is -2.62. The van der Waals surface area contributed by atoms with Gasteiger partial charge in [-0.2, -0.15) is 0 Å². The highest BCUT2D eigenvalue weighted by molar-refractivity contribution is 6.12. The van der Waals surface area contributed by atoms with Crippen LogP contribution in [0, 0.1) is 17.8 Å². The largest absolute Gasteiger partial charge is 0.480 e. The van der Waals surface area contributed by atoms with Crippen LogP contribution < -0.4 is 16.0 Å². The number of likely N-dealkylation sites (tertiary alicyclic amines) is 1. The Labute approximate surface area is 383 Å². The normalized spacial score (nSPS) is 20.2. The molecule has 1 unspecified atom stereocenters. The fourth-order valence-corrected chi connectivity index (χ4v) is 9.43. The van der Waals surface area contributed by atoms with Crippen molar-refractivity contribution in [2.75, 3.05) is 34.4 Å². The molecule has 0 radical (unpaired) electrons. The fourth-order valence-electron chi connectivity index (χ4n) is 9.43. The Kier molecular flexibility index (Phi) is 18.8. The lowest BCUT2D eigenvalue weighted by atomic mass is 9.73. The molecule has 0 bridgehead atoms. The minimum atomic E-state index is -1.37. The number of carbonyl (C=O) groups excluding carboxylic acids is 7. The molecule has 4 N–H and O–H groups in total. The molecule has 0 aromatic heterocycles. The molecule has 3 aliphatic rings. The van der Waals surface area contributed by atoms with Crippen molar-refractivity contribution in [3.05, 3.63) is 47.5 Å². The molecule has 9 atom stereocenters. The number of unbranched alkanes of at least 4 members (excludes halogenated alkanes) is 2. The summed E-state index contributed by atoms with van der Waals surface area (Å²) in [6.07, 6.45) is 5.09.